The molecule has 0 spiro atoms. The summed E-state index contributed by atoms with van der Waals surface area (Å²) in [4.78, 5) is 12.7. The molecule has 0 unspecified atom stereocenters. The summed E-state index contributed by atoms with van der Waals surface area (Å²) in [6.07, 6.45) is 0. The number of nitrogens with zero attached hydrogens (tertiary/aromatic N) is 2. The maximum Gasteiger partial charge on any atom is 0.322 e. The summed E-state index contributed by atoms with van der Waals surface area (Å²) in [5, 5.41) is 11.3. The minimum absolute atomic E-state index is 0.0493. The molecule has 5 rings (SSSR count). The number of carbonyl (C=O) groups excluding carboxylic acids is 1. The molecule has 32 heavy (non-hydrogen) atoms. The average molecular weight is 427 g/mol. The van der Waals surface area contributed by atoms with Crippen LogP contribution in [0.2, 0.25) is 0 Å². The molecule has 158 valence electrons. The topological polar surface area (TPSA) is 99.6 Å². The Morgan fingerprint density at radius 3 is 2.53 bits per heavy atom. The van der Waals surface area contributed by atoms with Gasteiger partial charge in [0.2, 0.25) is 0 Å². The first-order chi connectivity index (χ1) is 15.7. The van der Waals surface area contributed by atoms with Crippen LogP contribution in [0.4, 0.5) is 6.01 Å². The monoisotopic (exact) mass is 427 g/mol. The van der Waals surface area contributed by atoms with Crippen LogP contribution in [0, 0.1) is 0 Å². The highest BCUT2D eigenvalue weighted by Gasteiger charge is 2.17. The first-order valence-corrected chi connectivity index (χ1v) is 9.74. The van der Waals surface area contributed by atoms with Gasteiger partial charge in [-0.2, -0.15) is 0 Å². The number of furan rings is 1. The highest BCUT2D eigenvalue weighted by Crippen LogP contribution is 2.33. The van der Waals surface area contributed by atoms with Gasteiger partial charge in [0.25, 0.3) is 11.8 Å². The minimum atomic E-state index is -0.412. The fourth-order valence-corrected chi connectivity index (χ4v) is 3.17. The van der Waals surface area contributed by atoms with Crippen molar-refractivity contribution in [3.8, 4) is 28.9 Å². The molecule has 0 aliphatic heterocycles. The van der Waals surface area contributed by atoms with E-state index in [9.17, 15) is 4.79 Å². The van der Waals surface area contributed by atoms with E-state index >= 15 is 0 Å². The van der Waals surface area contributed by atoms with E-state index in [2.05, 4.69) is 15.5 Å². The van der Waals surface area contributed by atoms with E-state index < -0.39 is 5.91 Å². The Labute approximate surface area is 182 Å². The second-order valence-corrected chi connectivity index (χ2v) is 6.80. The number of anilines is 1. The van der Waals surface area contributed by atoms with E-state index in [4.69, 9.17) is 18.3 Å². The molecule has 0 bridgehead atoms. The van der Waals surface area contributed by atoms with Crippen molar-refractivity contribution < 1.29 is 23.1 Å². The first-order valence-electron chi connectivity index (χ1n) is 9.74. The van der Waals surface area contributed by atoms with Gasteiger partial charge in [0.15, 0.2) is 17.1 Å². The molecule has 8 nitrogen and oxygen atoms in total. The van der Waals surface area contributed by atoms with Crippen LogP contribution in [0.25, 0.3) is 22.6 Å². The summed E-state index contributed by atoms with van der Waals surface area (Å²) in [7, 11) is 1.57. The predicted octanol–water partition coefficient (Wildman–Crippen LogP) is 5.54. The van der Waals surface area contributed by atoms with Gasteiger partial charge in [-0.25, -0.2) is 0 Å². The largest absolute Gasteiger partial charge is 0.493 e. The Bertz CT molecular complexity index is 1390. The molecule has 1 N–H and O–H groups in total. The molecule has 0 aliphatic carbocycles. The lowest BCUT2D eigenvalue weighted by Gasteiger charge is -2.07. The number of ether oxygens (including phenoxy) is 2. The fourth-order valence-electron chi connectivity index (χ4n) is 3.17. The number of hydrogen-bond acceptors (Lipinski definition) is 7. The first kappa shape index (κ1) is 19.4. The van der Waals surface area contributed by atoms with Gasteiger partial charge in [-0.1, -0.05) is 41.5 Å². The number of fused-ring (bicyclic) bond motifs is 1. The van der Waals surface area contributed by atoms with Crippen molar-refractivity contribution in [3.05, 3.63) is 84.4 Å². The number of amides is 1. The van der Waals surface area contributed by atoms with Crippen LogP contribution in [-0.4, -0.2) is 23.2 Å². The lowest BCUT2D eigenvalue weighted by Crippen LogP contribution is -2.12. The number of carbonyl (C=O) groups is 1. The molecule has 0 atom stereocenters. The van der Waals surface area contributed by atoms with Crippen LogP contribution in [0.1, 0.15) is 10.4 Å². The summed E-state index contributed by atoms with van der Waals surface area (Å²) in [5.74, 6) is 1.90. The number of methoxy groups -OCH3 is 1. The van der Waals surface area contributed by atoms with Gasteiger partial charge in [-0.3, -0.25) is 10.1 Å². The zero-order chi connectivity index (χ0) is 21.9. The number of aromatic nitrogens is 2. The second kappa shape index (κ2) is 8.27. The van der Waals surface area contributed by atoms with E-state index in [0.29, 0.717) is 34.2 Å². The van der Waals surface area contributed by atoms with E-state index in [1.165, 1.54) is 0 Å². The highest BCUT2D eigenvalue weighted by atomic mass is 16.5. The van der Waals surface area contributed by atoms with Gasteiger partial charge in [0.05, 0.1) is 7.11 Å². The maximum absolute atomic E-state index is 12.7. The van der Waals surface area contributed by atoms with Crippen LogP contribution < -0.4 is 14.8 Å². The van der Waals surface area contributed by atoms with Crippen molar-refractivity contribution in [2.24, 2.45) is 0 Å². The summed E-state index contributed by atoms with van der Waals surface area (Å²) >= 11 is 0. The Hall–Kier alpha value is -4.59. The molecule has 8 heteroatoms. The molecule has 2 heterocycles. The standard InChI is InChI=1S/C24H17N3O5/c1-29-19-12-6-7-15-14-20(31-21(15)19)23-26-27-24(32-23)25-22(28)16-8-5-11-18(13-16)30-17-9-3-2-4-10-17/h2-14H,1H3,(H,25,27,28). The highest BCUT2D eigenvalue weighted by molar-refractivity contribution is 6.03. The molecule has 3 aromatic carbocycles. The quantitative estimate of drug-likeness (QED) is 0.380. The molecule has 0 saturated carbocycles. The summed E-state index contributed by atoms with van der Waals surface area (Å²) in [6.45, 7) is 0. The molecule has 0 radical (unpaired) electrons. The third-order valence-electron chi connectivity index (χ3n) is 4.66. The second-order valence-electron chi connectivity index (χ2n) is 6.80. The molecular formula is C24H17N3O5. The van der Waals surface area contributed by atoms with E-state index in [-0.39, 0.29) is 11.9 Å². The molecule has 0 saturated heterocycles. The molecule has 1 amide bonds. The Morgan fingerprint density at radius 1 is 0.875 bits per heavy atom. The van der Waals surface area contributed by atoms with Gasteiger partial charge in [0, 0.05) is 10.9 Å². The minimum Gasteiger partial charge on any atom is -0.493 e. The van der Waals surface area contributed by atoms with Crippen molar-refractivity contribution in [3.63, 3.8) is 0 Å². The Morgan fingerprint density at radius 2 is 1.69 bits per heavy atom. The van der Waals surface area contributed by atoms with Gasteiger partial charge in [0.1, 0.15) is 11.5 Å². The zero-order valence-electron chi connectivity index (χ0n) is 16.9. The van der Waals surface area contributed by atoms with E-state index in [1.54, 1.807) is 43.5 Å². The van der Waals surface area contributed by atoms with Crippen LogP contribution in [0.15, 0.2) is 87.7 Å². The van der Waals surface area contributed by atoms with Crippen LogP contribution in [0.5, 0.6) is 17.2 Å². The van der Waals surface area contributed by atoms with Crippen molar-refractivity contribution in [1.29, 1.82) is 0 Å². The zero-order valence-corrected chi connectivity index (χ0v) is 16.9. The van der Waals surface area contributed by atoms with E-state index in [1.807, 2.05) is 42.5 Å². The summed E-state index contributed by atoms with van der Waals surface area (Å²) in [5.41, 5.74) is 0.954. The van der Waals surface area contributed by atoms with Gasteiger partial charge < -0.3 is 18.3 Å². The van der Waals surface area contributed by atoms with Crippen molar-refractivity contribution in [1.82, 2.24) is 10.2 Å². The Balaban J connectivity index is 1.33. The number of nitrogens with one attached hydrogen (secondary N) is 1. The number of hydrogen-bond donors (Lipinski definition) is 1. The number of para-hydroxylation sites is 2. The lowest BCUT2D eigenvalue weighted by atomic mass is 10.2. The van der Waals surface area contributed by atoms with Gasteiger partial charge in [-0.05, 0) is 42.5 Å². The van der Waals surface area contributed by atoms with Crippen LogP contribution in [0.3, 0.4) is 0 Å². The van der Waals surface area contributed by atoms with Gasteiger partial charge in [-0.15, -0.1) is 5.10 Å². The molecular weight excluding hydrogens is 410 g/mol. The number of benzene rings is 3. The lowest BCUT2D eigenvalue weighted by molar-refractivity contribution is 0.102. The molecule has 0 aliphatic rings. The van der Waals surface area contributed by atoms with Crippen molar-refractivity contribution >= 4 is 22.9 Å². The third kappa shape index (κ3) is 3.89. The summed E-state index contributed by atoms with van der Waals surface area (Å²) in [6, 6.07) is 23.4. The van der Waals surface area contributed by atoms with E-state index in [0.717, 1.165) is 5.39 Å². The maximum atomic E-state index is 12.7. The summed E-state index contributed by atoms with van der Waals surface area (Å²) < 4.78 is 22.4. The SMILES string of the molecule is COc1cccc2cc(-c3nnc(NC(=O)c4cccc(Oc5ccccc5)c4)o3)oc12. The Kier molecular flexibility index (Phi) is 5.01. The van der Waals surface area contributed by atoms with Crippen LogP contribution >= 0.6 is 0 Å². The average Bonchev–Trinajstić information content (AvgIpc) is 3.46. The predicted molar refractivity (Wildman–Crippen MR) is 117 cm³/mol. The number of rotatable bonds is 6. The molecule has 2 aromatic heterocycles. The molecule has 5 aromatic rings. The van der Waals surface area contributed by atoms with Crippen LogP contribution in [-0.2, 0) is 0 Å². The molecule has 0 fully saturated rings. The van der Waals surface area contributed by atoms with Gasteiger partial charge >= 0.3 is 6.01 Å². The van der Waals surface area contributed by atoms with Crippen molar-refractivity contribution in [2.45, 2.75) is 0 Å². The smallest absolute Gasteiger partial charge is 0.322 e. The normalized spacial score (nSPS) is 10.8. The van der Waals surface area contributed by atoms with Crippen molar-refractivity contribution in [2.75, 3.05) is 12.4 Å². The third-order valence-corrected chi connectivity index (χ3v) is 4.66. The fraction of sp³-hybridized carbons (Fsp3) is 0.0417.